The summed E-state index contributed by atoms with van der Waals surface area (Å²) in [5.41, 5.74) is -0.128. The molecular weight excluding hydrogens is 293 g/mol. The van der Waals surface area contributed by atoms with Crippen molar-refractivity contribution in [2.24, 2.45) is 0 Å². The Hall–Kier alpha value is -2.07. The van der Waals surface area contributed by atoms with Crippen molar-refractivity contribution in [3.63, 3.8) is 0 Å². The summed E-state index contributed by atoms with van der Waals surface area (Å²) in [6.07, 6.45) is 0. The van der Waals surface area contributed by atoms with E-state index in [0.29, 0.717) is 0 Å². The fourth-order valence-corrected chi connectivity index (χ4v) is 2.22. The van der Waals surface area contributed by atoms with Crippen LogP contribution in [0.3, 0.4) is 0 Å². The van der Waals surface area contributed by atoms with E-state index in [0.717, 1.165) is 11.6 Å². The van der Waals surface area contributed by atoms with Crippen LogP contribution in [-0.4, -0.2) is 16.9 Å². The lowest BCUT2D eigenvalue weighted by Gasteiger charge is -2.29. The SMILES string of the molecule is CC(CCl)(NC(=O)c1ccc(O)cc1F)c1ccccc1. The van der Waals surface area contributed by atoms with E-state index in [1.165, 1.54) is 12.1 Å². The Labute approximate surface area is 127 Å². The van der Waals surface area contributed by atoms with Gasteiger partial charge in [0.2, 0.25) is 0 Å². The third-order valence-corrected chi connectivity index (χ3v) is 3.80. The molecule has 1 atom stereocenters. The molecule has 0 radical (unpaired) electrons. The molecule has 1 unspecified atom stereocenters. The molecule has 0 fully saturated rings. The summed E-state index contributed by atoms with van der Waals surface area (Å²) >= 11 is 5.99. The number of hydrogen-bond acceptors (Lipinski definition) is 2. The van der Waals surface area contributed by atoms with Gasteiger partial charge in [0.05, 0.1) is 11.1 Å². The van der Waals surface area contributed by atoms with E-state index >= 15 is 0 Å². The molecule has 2 aromatic rings. The minimum absolute atomic E-state index is 0.139. The topological polar surface area (TPSA) is 49.3 Å². The van der Waals surface area contributed by atoms with E-state index in [2.05, 4.69) is 5.32 Å². The highest BCUT2D eigenvalue weighted by molar-refractivity contribution is 6.19. The maximum atomic E-state index is 13.7. The maximum absolute atomic E-state index is 13.7. The summed E-state index contributed by atoms with van der Waals surface area (Å²) in [4.78, 5) is 12.2. The Kier molecular flexibility index (Phi) is 4.48. The van der Waals surface area contributed by atoms with Crippen LogP contribution in [0.2, 0.25) is 0 Å². The van der Waals surface area contributed by atoms with Crippen LogP contribution in [-0.2, 0) is 5.54 Å². The van der Waals surface area contributed by atoms with Gasteiger partial charge in [0.25, 0.3) is 5.91 Å². The van der Waals surface area contributed by atoms with Crippen molar-refractivity contribution in [1.29, 1.82) is 0 Å². The predicted molar refractivity (Wildman–Crippen MR) is 80.0 cm³/mol. The van der Waals surface area contributed by atoms with Crippen molar-refractivity contribution >= 4 is 17.5 Å². The van der Waals surface area contributed by atoms with Crippen molar-refractivity contribution in [2.45, 2.75) is 12.5 Å². The number of aromatic hydroxyl groups is 1. The fourth-order valence-electron chi connectivity index (χ4n) is 1.99. The van der Waals surface area contributed by atoms with Crippen LogP contribution in [0, 0.1) is 5.82 Å². The first-order valence-electron chi connectivity index (χ1n) is 6.39. The first-order chi connectivity index (χ1) is 9.96. The molecule has 0 aliphatic carbocycles. The molecule has 0 aliphatic heterocycles. The van der Waals surface area contributed by atoms with Crippen LogP contribution in [0.25, 0.3) is 0 Å². The molecule has 3 nitrogen and oxygen atoms in total. The number of phenolic OH excluding ortho intramolecular Hbond substituents is 1. The summed E-state index contributed by atoms with van der Waals surface area (Å²) in [5, 5.41) is 11.9. The lowest BCUT2D eigenvalue weighted by atomic mass is 9.93. The van der Waals surface area contributed by atoms with Gasteiger partial charge in [0.15, 0.2) is 0 Å². The van der Waals surface area contributed by atoms with Gasteiger partial charge in [0, 0.05) is 11.9 Å². The van der Waals surface area contributed by atoms with E-state index in [1.54, 1.807) is 6.92 Å². The van der Waals surface area contributed by atoms with Gasteiger partial charge in [-0.1, -0.05) is 30.3 Å². The molecule has 110 valence electrons. The van der Waals surface area contributed by atoms with Crippen LogP contribution >= 0.6 is 11.6 Å². The normalized spacial score (nSPS) is 13.5. The zero-order valence-electron chi connectivity index (χ0n) is 11.4. The first-order valence-corrected chi connectivity index (χ1v) is 6.92. The Morgan fingerprint density at radius 1 is 1.29 bits per heavy atom. The van der Waals surface area contributed by atoms with Gasteiger partial charge in [-0.25, -0.2) is 4.39 Å². The first kappa shape index (κ1) is 15.3. The van der Waals surface area contributed by atoms with E-state index < -0.39 is 17.3 Å². The molecule has 0 spiro atoms. The number of rotatable bonds is 4. The number of hydrogen-bond donors (Lipinski definition) is 2. The summed E-state index contributed by atoms with van der Waals surface area (Å²) in [6.45, 7) is 1.77. The lowest BCUT2D eigenvalue weighted by Crippen LogP contribution is -2.45. The fraction of sp³-hybridized carbons (Fsp3) is 0.188. The van der Waals surface area contributed by atoms with Gasteiger partial charge in [-0.05, 0) is 24.6 Å². The summed E-state index contributed by atoms with van der Waals surface area (Å²) < 4.78 is 13.7. The molecule has 21 heavy (non-hydrogen) atoms. The van der Waals surface area contributed by atoms with Gasteiger partial charge >= 0.3 is 0 Å². The van der Waals surface area contributed by atoms with E-state index in [4.69, 9.17) is 11.6 Å². The zero-order valence-corrected chi connectivity index (χ0v) is 12.2. The van der Waals surface area contributed by atoms with E-state index in [-0.39, 0.29) is 17.2 Å². The summed E-state index contributed by atoms with van der Waals surface area (Å²) in [7, 11) is 0. The Morgan fingerprint density at radius 3 is 2.52 bits per heavy atom. The van der Waals surface area contributed by atoms with Crippen molar-refractivity contribution in [1.82, 2.24) is 5.32 Å². The van der Waals surface area contributed by atoms with Gasteiger partial charge in [-0.2, -0.15) is 0 Å². The Balaban J connectivity index is 2.28. The van der Waals surface area contributed by atoms with Crippen LogP contribution in [0.1, 0.15) is 22.8 Å². The van der Waals surface area contributed by atoms with Gasteiger partial charge in [0.1, 0.15) is 11.6 Å². The van der Waals surface area contributed by atoms with Gasteiger partial charge < -0.3 is 10.4 Å². The molecule has 0 saturated carbocycles. The summed E-state index contributed by atoms with van der Waals surface area (Å²) in [6, 6.07) is 12.6. The molecule has 2 N–H and O–H groups in total. The second-order valence-electron chi connectivity index (χ2n) is 4.95. The maximum Gasteiger partial charge on any atom is 0.254 e. The van der Waals surface area contributed by atoms with Crippen LogP contribution in [0.5, 0.6) is 5.75 Å². The quantitative estimate of drug-likeness (QED) is 0.850. The smallest absolute Gasteiger partial charge is 0.254 e. The number of benzene rings is 2. The molecule has 0 heterocycles. The number of carbonyl (C=O) groups is 1. The molecule has 5 heteroatoms. The standard InChI is InChI=1S/C16H15ClFNO2/c1-16(10-17,11-5-3-2-4-6-11)19-15(21)13-8-7-12(20)9-14(13)18/h2-9,20H,10H2,1H3,(H,19,21). The zero-order chi connectivity index (χ0) is 15.5. The van der Waals surface area contributed by atoms with Crippen molar-refractivity contribution in [3.05, 3.63) is 65.5 Å². The molecule has 0 aliphatic rings. The number of phenols is 1. The van der Waals surface area contributed by atoms with Crippen molar-refractivity contribution < 1.29 is 14.3 Å². The van der Waals surface area contributed by atoms with Crippen LogP contribution in [0.4, 0.5) is 4.39 Å². The van der Waals surface area contributed by atoms with Crippen molar-refractivity contribution in [3.8, 4) is 5.75 Å². The molecule has 2 rings (SSSR count). The molecule has 1 amide bonds. The Bertz CT molecular complexity index is 648. The highest BCUT2D eigenvalue weighted by atomic mass is 35.5. The lowest BCUT2D eigenvalue weighted by molar-refractivity contribution is 0.0909. The largest absolute Gasteiger partial charge is 0.508 e. The third kappa shape index (κ3) is 3.34. The predicted octanol–water partition coefficient (Wildman–Crippen LogP) is 3.42. The number of alkyl halides is 1. The molecule has 2 aromatic carbocycles. The Morgan fingerprint density at radius 2 is 1.95 bits per heavy atom. The van der Waals surface area contributed by atoms with Gasteiger partial charge in [-0.3, -0.25) is 4.79 Å². The monoisotopic (exact) mass is 307 g/mol. The highest BCUT2D eigenvalue weighted by Gasteiger charge is 2.28. The number of carbonyl (C=O) groups excluding carboxylic acids is 1. The average Bonchev–Trinajstić information content (AvgIpc) is 2.47. The van der Waals surface area contributed by atoms with Crippen molar-refractivity contribution in [2.75, 3.05) is 5.88 Å². The molecular formula is C16H15ClFNO2. The van der Waals surface area contributed by atoms with Crippen LogP contribution in [0.15, 0.2) is 48.5 Å². The van der Waals surface area contributed by atoms with Crippen LogP contribution < -0.4 is 5.32 Å². The minimum atomic E-state index is -0.815. The number of halogens is 2. The molecule has 0 saturated heterocycles. The number of amides is 1. The molecule has 0 aromatic heterocycles. The number of nitrogens with one attached hydrogen (secondary N) is 1. The van der Waals surface area contributed by atoms with E-state index in [9.17, 15) is 14.3 Å². The van der Waals surface area contributed by atoms with E-state index in [1.807, 2.05) is 30.3 Å². The second kappa shape index (κ2) is 6.14. The third-order valence-electron chi connectivity index (χ3n) is 3.26. The molecule has 0 bridgehead atoms. The summed E-state index contributed by atoms with van der Waals surface area (Å²) in [5.74, 6) is -1.45. The van der Waals surface area contributed by atoms with Gasteiger partial charge in [-0.15, -0.1) is 11.6 Å². The highest BCUT2D eigenvalue weighted by Crippen LogP contribution is 2.23. The second-order valence-corrected chi connectivity index (χ2v) is 5.22. The average molecular weight is 308 g/mol. The minimum Gasteiger partial charge on any atom is -0.508 e.